The zero-order valence-corrected chi connectivity index (χ0v) is 12.2. The maximum Gasteiger partial charge on any atom is 0.320 e. The summed E-state index contributed by atoms with van der Waals surface area (Å²) in [6.45, 7) is 2.48. The summed E-state index contributed by atoms with van der Waals surface area (Å²) in [7, 11) is 0. The minimum Gasteiger partial charge on any atom is -0.480 e. The molecule has 1 unspecified atom stereocenters. The molecule has 1 aliphatic rings. The molecule has 0 spiro atoms. The third-order valence-electron chi connectivity index (χ3n) is 3.08. The van der Waals surface area contributed by atoms with Crippen LogP contribution in [0.4, 0.5) is 0 Å². The summed E-state index contributed by atoms with van der Waals surface area (Å²) in [4.78, 5) is 21.8. The first-order chi connectivity index (χ1) is 8.50. The second kappa shape index (κ2) is 8.98. The van der Waals surface area contributed by atoms with Crippen LogP contribution < -0.4 is 5.73 Å². The lowest BCUT2D eigenvalue weighted by atomic mass is 10.1. The molecule has 3 N–H and O–H groups in total. The van der Waals surface area contributed by atoms with E-state index in [0.717, 1.165) is 19.3 Å². The maximum atomic E-state index is 11.3. The Morgan fingerprint density at radius 1 is 1.42 bits per heavy atom. The molecule has 0 aromatic rings. The van der Waals surface area contributed by atoms with Gasteiger partial charge in [-0.25, -0.2) is 0 Å². The lowest BCUT2D eigenvalue weighted by Gasteiger charge is -2.06. The molecule has 0 saturated carbocycles. The molecular weight excluding hydrogens is 266 g/mol. The van der Waals surface area contributed by atoms with Gasteiger partial charge in [-0.3, -0.25) is 9.59 Å². The number of carbonyl (C=O) groups excluding carboxylic acids is 1. The van der Waals surface area contributed by atoms with Crippen LogP contribution in [0.15, 0.2) is 11.6 Å². The van der Waals surface area contributed by atoms with Crippen molar-refractivity contribution in [3.05, 3.63) is 11.6 Å². The first-order valence-electron chi connectivity index (χ1n) is 6.33. The van der Waals surface area contributed by atoms with Crippen LogP contribution in [0, 0.1) is 5.92 Å². The number of aliphatic carboxylic acids is 1. The molecule has 0 bridgehead atoms. The highest BCUT2D eigenvalue weighted by atomic mass is 32.1. The summed E-state index contributed by atoms with van der Waals surface area (Å²) in [5, 5.41) is 8.57. The largest absolute Gasteiger partial charge is 0.480 e. The molecule has 110 valence electrons. The lowest BCUT2D eigenvalue weighted by Crippen LogP contribution is -2.29. The molecule has 0 saturated heterocycles. The Labute approximate surface area is 120 Å². The van der Waals surface area contributed by atoms with Gasteiger partial charge in [0.1, 0.15) is 12.6 Å². The second-order valence-corrected chi connectivity index (χ2v) is 4.74. The standard InChI is InChI=1S/C13H21NO4.H2S/c1-9-7-10(9)8-18-12(15)6-4-2-3-5-11(14)13(16)17;/h7,10-11H,2-6,8,14H2,1H3,(H,16,17);1H2/t10?,11-;/m0./s1. The van der Waals surface area contributed by atoms with Crippen LogP contribution >= 0.6 is 13.5 Å². The average molecular weight is 289 g/mol. The molecule has 1 rings (SSSR count). The molecule has 2 atom stereocenters. The maximum absolute atomic E-state index is 11.3. The van der Waals surface area contributed by atoms with Gasteiger partial charge in [0.2, 0.25) is 0 Å². The zero-order valence-electron chi connectivity index (χ0n) is 11.2. The van der Waals surface area contributed by atoms with Gasteiger partial charge >= 0.3 is 11.9 Å². The fraction of sp³-hybridized carbons (Fsp3) is 0.692. The number of carboxylic acid groups (broad SMARTS) is 1. The van der Waals surface area contributed by atoms with Gasteiger partial charge < -0.3 is 15.6 Å². The van der Waals surface area contributed by atoms with Crippen LogP contribution in [0.5, 0.6) is 0 Å². The van der Waals surface area contributed by atoms with E-state index in [9.17, 15) is 9.59 Å². The van der Waals surface area contributed by atoms with E-state index in [2.05, 4.69) is 6.08 Å². The molecule has 1 aliphatic carbocycles. The first-order valence-corrected chi connectivity index (χ1v) is 6.33. The molecular formula is C13H23NO4S. The van der Waals surface area contributed by atoms with Gasteiger partial charge in [-0.2, -0.15) is 13.5 Å². The average Bonchev–Trinajstić information content (AvgIpc) is 3.02. The topological polar surface area (TPSA) is 89.6 Å². The van der Waals surface area contributed by atoms with Crippen molar-refractivity contribution in [3.63, 3.8) is 0 Å². The van der Waals surface area contributed by atoms with E-state index >= 15 is 0 Å². The Hall–Kier alpha value is -1.01. The highest BCUT2D eigenvalue weighted by molar-refractivity contribution is 7.59. The van der Waals surface area contributed by atoms with Crippen LogP contribution in [-0.2, 0) is 14.3 Å². The first kappa shape index (κ1) is 18.0. The van der Waals surface area contributed by atoms with Gasteiger partial charge in [-0.05, 0) is 19.8 Å². The Kier molecular flexibility index (Phi) is 8.51. The van der Waals surface area contributed by atoms with Gasteiger partial charge in [0.05, 0.1) is 0 Å². The number of hydrogen-bond acceptors (Lipinski definition) is 4. The number of hydrogen-bond donors (Lipinski definition) is 2. The summed E-state index contributed by atoms with van der Waals surface area (Å²) in [6, 6.07) is -0.791. The molecule has 19 heavy (non-hydrogen) atoms. The quantitative estimate of drug-likeness (QED) is 0.382. The monoisotopic (exact) mass is 289 g/mol. The van der Waals surface area contributed by atoms with Gasteiger partial charge in [0.15, 0.2) is 0 Å². The molecule has 0 heterocycles. The summed E-state index contributed by atoms with van der Waals surface area (Å²) in [5.74, 6) is -0.783. The van der Waals surface area contributed by atoms with Crippen LogP contribution in [0.1, 0.15) is 39.0 Å². The number of ether oxygens (including phenoxy) is 1. The van der Waals surface area contributed by atoms with Crippen molar-refractivity contribution >= 4 is 25.4 Å². The minimum absolute atomic E-state index is 0. The van der Waals surface area contributed by atoms with Crippen molar-refractivity contribution in [2.75, 3.05) is 6.61 Å². The van der Waals surface area contributed by atoms with Crippen molar-refractivity contribution in [1.29, 1.82) is 0 Å². The third kappa shape index (κ3) is 7.89. The SMILES string of the molecule is CC1=CC1COC(=O)CCCCC[C@H](N)C(=O)O.S. The lowest BCUT2D eigenvalue weighted by molar-refractivity contribution is -0.144. The fourth-order valence-corrected chi connectivity index (χ4v) is 1.64. The Morgan fingerprint density at radius 3 is 2.58 bits per heavy atom. The number of rotatable bonds is 9. The summed E-state index contributed by atoms with van der Waals surface area (Å²) in [6.07, 6.45) is 5.17. The smallest absolute Gasteiger partial charge is 0.320 e. The third-order valence-corrected chi connectivity index (χ3v) is 3.08. The van der Waals surface area contributed by atoms with Crippen molar-refractivity contribution in [1.82, 2.24) is 0 Å². The Bertz CT molecular complexity index is 344. The zero-order chi connectivity index (χ0) is 13.5. The van der Waals surface area contributed by atoms with E-state index in [1.54, 1.807) is 0 Å². The molecule has 0 aromatic carbocycles. The van der Waals surface area contributed by atoms with Crippen molar-refractivity contribution in [2.45, 2.75) is 45.1 Å². The van der Waals surface area contributed by atoms with E-state index in [1.807, 2.05) is 6.92 Å². The van der Waals surface area contributed by atoms with E-state index in [-0.39, 0.29) is 19.5 Å². The summed E-state index contributed by atoms with van der Waals surface area (Å²) >= 11 is 0. The van der Waals surface area contributed by atoms with Crippen LogP contribution in [0.25, 0.3) is 0 Å². The Balaban J connectivity index is 0.00000324. The highest BCUT2D eigenvalue weighted by Crippen LogP contribution is 2.27. The summed E-state index contributed by atoms with van der Waals surface area (Å²) < 4.78 is 5.09. The molecule has 6 heteroatoms. The number of nitrogens with two attached hydrogens (primary N) is 1. The fourth-order valence-electron chi connectivity index (χ4n) is 1.64. The highest BCUT2D eigenvalue weighted by Gasteiger charge is 2.21. The molecule has 0 aromatic heterocycles. The van der Waals surface area contributed by atoms with Crippen molar-refractivity contribution in [3.8, 4) is 0 Å². The van der Waals surface area contributed by atoms with Crippen LogP contribution in [-0.4, -0.2) is 29.7 Å². The molecule has 0 fully saturated rings. The van der Waals surface area contributed by atoms with Gasteiger partial charge in [-0.15, -0.1) is 0 Å². The number of carboxylic acids is 1. The van der Waals surface area contributed by atoms with Gasteiger partial charge in [0, 0.05) is 12.3 Å². The predicted octanol–water partition coefficient (Wildman–Crippen LogP) is 1.58. The van der Waals surface area contributed by atoms with Gasteiger partial charge in [0.25, 0.3) is 0 Å². The number of esters is 1. The van der Waals surface area contributed by atoms with E-state index in [4.69, 9.17) is 15.6 Å². The molecule has 0 amide bonds. The summed E-state index contributed by atoms with van der Waals surface area (Å²) in [5.41, 5.74) is 6.65. The normalized spacial score (nSPS) is 18.0. The Morgan fingerprint density at radius 2 is 2.05 bits per heavy atom. The second-order valence-electron chi connectivity index (χ2n) is 4.74. The van der Waals surface area contributed by atoms with Crippen LogP contribution in [0.2, 0.25) is 0 Å². The van der Waals surface area contributed by atoms with Crippen molar-refractivity contribution < 1.29 is 19.4 Å². The molecule has 0 aliphatic heterocycles. The number of unbranched alkanes of at least 4 members (excludes halogenated alkanes) is 2. The molecule has 5 nitrogen and oxygen atoms in total. The van der Waals surface area contributed by atoms with E-state index in [1.165, 1.54) is 5.57 Å². The number of carbonyl (C=O) groups is 2. The van der Waals surface area contributed by atoms with Crippen molar-refractivity contribution in [2.24, 2.45) is 11.7 Å². The predicted molar refractivity (Wildman–Crippen MR) is 77.3 cm³/mol. The minimum atomic E-state index is -0.971. The van der Waals surface area contributed by atoms with Crippen LogP contribution in [0.3, 0.4) is 0 Å². The van der Waals surface area contributed by atoms with Gasteiger partial charge in [-0.1, -0.05) is 24.5 Å². The van der Waals surface area contributed by atoms with E-state index in [0.29, 0.717) is 25.4 Å². The molecule has 0 radical (unpaired) electrons. The van der Waals surface area contributed by atoms with E-state index < -0.39 is 12.0 Å².